The van der Waals surface area contributed by atoms with Gasteiger partial charge in [-0.05, 0) is 31.5 Å². The Morgan fingerprint density at radius 2 is 2.31 bits per heavy atom. The van der Waals surface area contributed by atoms with Crippen LogP contribution in [-0.4, -0.2) is 4.57 Å². The molecule has 1 atom stereocenters. The number of aromatic nitrogens is 1. The molecule has 0 amide bonds. The van der Waals surface area contributed by atoms with E-state index < -0.39 is 5.76 Å². The highest BCUT2D eigenvalue weighted by Crippen LogP contribution is 2.15. The minimum Gasteiger partial charge on any atom is -0.408 e. The van der Waals surface area contributed by atoms with Gasteiger partial charge in [0, 0.05) is 6.54 Å². The van der Waals surface area contributed by atoms with Crippen LogP contribution in [0.15, 0.2) is 27.4 Å². The number of nitrogens with zero attached hydrogens (tertiary/aromatic N) is 2. The Balaban J connectivity index is 2.59. The molecule has 0 aliphatic rings. The molecule has 0 fully saturated rings. The van der Waals surface area contributed by atoms with E-state index in [2.05, 4.69) is 6.07 Å². The van der Waals surface area contributed by atoms with Gasteiger partial charge in [-0.15, -0.1) is 0 Å². The second-order valence-electron chi connectivity index (χ2n) is 3.98. The fraction of sp³-hybridized carbons (Fsp3) is 0.333. The van der Waals surface area contributed by atoms with Crippen LogP contribution in [0.1, 0.15) is 12.5 Å². The lowest BCUT2D eigenvalue weighted by atomic mass is 10.2. The van der Waals surface area contributed by atoms with Crippen molar-refractivity contribution in [1.29, 1.82) is 5.26 Å². The lowest BCUT2D eigenvalue weighted by molar-refractivity contribution is 0.480. The summed E-state index contributed by atoms with van der Waals surface area (Å²) < 4.78 is 6.61. The van der Waals surface area contributed by atoms with Crippen LogP contribution in [0, 0.1) is 24.2 Å². The Hall–Kier alpha value is -2.02. The van der Waals surface area contributed by atoms with Crippen LogP contribution in [0.5, 0.6) is 0 Å². The number of benzene rings is 1. The van der Waals surface area contributed by atoms with Crippen molar-refractivity contribution in [3.8, 4) is 6.07 Å². The van der Waals surface area contributed by atoms with E-state index in [-0.39, 0.29) is 5.92 Å². The smallest absolute Gasteiger partial charge is 0.408 e. The lowest BCUT2D eigenvalue weighted by Gasteiger charge is -2.03. The zero-order valence-electron chi connectivity index (χ0n) is 9.23. The van der Waals surface area contributed by atoms with Gasteiger partial charge in [0.2, 0.25) is 0 Å². The van der Waals surface area contributed by atoms with Crippen LogP contribution in [0.25, 0.3) is 11.1 Å². The molecule has 0 aliphatic carbocycles. The standard InChI is InChI=1S/C12H12N2O2/c1-8-3-4-11-10(5-8)14(12(15)16-11)7-9(2)6-13/h3-5,9H,7H2,1-2H3. The second-order valence-corrected chi connectivity index (χ2v) is 3.98. The van der Waals surface area contributed by atoms with Crippen LogP contribution in [0.2, 0.25) is 0 Å². The maximum atomic E-state index is 11.6. The van der Waals surface area contributed by atoms with E-state index in [4.69, 9.17) is 9.68 Å². The largest absolute Gasteiger partial charge is 0.419 e. The lowest BCUT2D eigenvalue weighted by Crippen LogP contribution is -2.17. The third-order valence-corrected chi connectivity index (χ3v) is 2.50. The summed E-state index contributed by atoms with van der Waals surface area (Å²) in [6.07, 6.45) is 0. The fourth-order valence-corrected chi connectivity index (χ4v) is 1.66. The van der Waals surface area contributed by atoms with Crippen LogP contribution >= 0.6 is 0 Å². The predicted octanol–water partition coefficient (Wildman–Crippen LogP) is 2.06. The Morgan fingerprint density at radius 1 is 1.56 bits per heavy atom. The minimum absolute atomic E-state index is 0.209. The molecule has 0 radical (unpaired) electrons. The number of fused-ring (bicyclic) bond motifs is 1. The van der Waals surface area contributed by atoms with Gasteiger partial charge in [0.25, 0.3) is 0 Å². The summed E-state index contributed by atoms with van der Waals surface area (Å²) in [5, 5.41) is 8.76. The Bertz CT molecular complexity index is 616. The molecule has 4 nitrogen and oxygen atoms in total. The van der Waals surface area contributed by atoms with Crippen molar-refractivity contribution >= 4 is 11.1 Å². The van der Waals surface area contributed by atoms with E-state index in [1.54, 1.807) is 13.0 Å². The highest BCUT2D eigenvalue weighted by Gasteiger charge is 2.11. The summed E-state index contributed by atoms with van der Waals surface area (Å²) in [6.45, 7) is 4.10. The van der Waals surface area contributed by atoms with E-state index in [1.807, 2.05) is 19.1 Å². The summed E-state index contributed by atoms with van der Waals surface area (Å²) in [5.41, 5.74) is 2.39. The molecule has 0 N–H and O–H groups in total. The van der Waals surface area contributed by atoms with Gasteiger partial charge >= 0.3 is 5.76 Å². The molecule has 1 aromatic carbocycles. The zero-order valence-corrected chi connectivity index (χ0v) is 9.23. The van der Waals surface area contributed by atoms with Crippen LogP contribution in [-0.2, 0) is 6.54 Å². The van der Waals surface area contributed by atoms with Crippen molar-refractivity contribution in [2.24, 2.45) is 5.92 Å². The number of hydrogen-bond donors (Lipinski definition) is 0. The van der Waals surface area contributed by atoms with E-state index in [0.29, 0.717) is 12.1 Å². The third kappa shape index (κ3) is 1.72. The molecule has 2 rings (SSSR count). The molecule has 0 aliphatic heterocycles. The van der Waals surface area contributed by atoms with Crippen molar-refractivity contribution < 1.29 is 4.42 Å². The molecule has 1 unspecified atom stereocenters. The maximum Gasteiger partial charge on any atom is 0.419 e. The third-order valence-electron chi connectivity index (χ3n) is 2.50. The summed E-state index contributed by atoms with van der Waals surface area (Å²) in [6, 6.07) is 7.67. The molecule has 0 bridgehead atoms. The van der Waals surface area contributed by atoms with Gasteiger partial charge in [-0.1, -0.05) is 6.07 Å². The monoisotopic (exact) mass is 216 g/mol. The number of rotatable bonds is 2. The highest BCUT2D eigenvalue weighted by atomic mass is 16.4. The molecule has 0 saturated heterocycles. The average molecular weight is 216 g/mol. The van der Waals surface area contributed by atoms with Gasteiger partial charge in [-0.3, -0.25) is 4.57 Å². The fourth-order valence-electron chi connectivity index (χ4n) is 1.66. The summed E-state index contributed by atoms with van der Waals surface area (Å²) in [4.78, 5) is 11.6. The molecular weight excluding hydrogens is 204 g/mol. The number of nitriles is 1. The summed E-state index contributed by atoms with van der Waals surface area (Å²) >= 11 is 0. The van der Waals surface area contributed by atoms with Crippen molar-refractivity contribution in [3.05, 3.63) is 34.3 Å². The van der Waals surface area contributed by atoms with Crippen LogP contribution < -0.4 is 5.76 Å². The van der Waals surface area contributed by atoms with Gasteiger partial charge < -0.3 is 4.42 Å². The first-order chi connectivity index (χ1) is 7.61. The molecule has 2 aromatic rings. The van der Waals surface area contributed by atoms with Crippen LogP contribution in [0.3, 0.4) is 0 Å². The van der Waals surface area contributed by atoms with Gasteiger partial charge in [0.05, 0.1) is 17.5 Å². The van der Waals surface area contributed by atoms with Crippen molar-refractivity contribution in [1.82, 2.24) is 4.57 Å². The van der Waals surface area contributed by atoms with E-state index in [1.165, 1.54) is 4.57 Å². The maximum absolute atomic E-state index is 11.6. The highest BCUT2D eigenvalue weighted by molar-refractivity contribution is 5.73. The zero-order chi connectivity index (χ0) is 11.7. The molecular formula is C12H12N2O2. The first-order valence-corrected chi connectivity index (χ1v) is 5.11. The van der Waals surface area contributed by atoms with Gasteiger partial charge in [0.1, 0.15) is 0 Å². The Morgan fingerprint density at radius 3 is 3.00 bits per heavy atom. The molecule has 1 heterocycles. The first-order valence-electron chi connectivity index (χ1n) is 5.11. The molecule has 82 valence electrons. The Labute approximate surface area is 92.7 Å². The Kier molecular flexibility index (Phi) is 2.53. The first kappa shape index (κ1) is 10.5. The van der Waals surface area contributed by atoms with Crippen molar-refractivity contribution in [3.63, 3.8) is 0 Å². The van der Waals surface area contributed by atoms with Gasteiger partial charge in [-0.2, -0.15) is 5.26 Å². The molecule has 16 heavy (non-hydrogen) atoms. The quantitative estimate of drug-likeness (QED) is 0.772. The summed E-state index contributed by atoms with van der Waals surface area (Å²) in [5.74, 6) is -0.610. The van der Waals surface area contributed by atoms with Crippen molar-refractivity contribution in [2.75, 3.05) is 0 Å². The molecule has 0 spiro atoms. The van der Waals surface area contributed by atoms with E-state index in [9.17, 15) is 4.79 Å². The summed E-state index contributed by atoms with van der Waals surface area (Å²) in [7, 11) is 0. The number of aryl methyl sites for hydroxylation is 1. The minimum atomic E-state index is -0.400. The molecule has 1 aromatic heterocycles. The SMILES string of the molecule is Cc1ccc2oc(=O)n(CC(C)C#N)c2c1. The molecule has 4 heteroatoms. The van der Waals surface area contributed by atoms with Crippen LogP contribution in [0.4, 0.5) is 0 Å². The number of hydrogen-bond acceptors (Lipinski definition) is 3. The topological polar surface area (TPSA) is 58.9 Å². The number of oxazole rings is 1. The molecule has 0 saturated carbocycles. The van der Waals surface area contributed by atoms with E-state index in [0.717, 1.165) is 11.1 Å². The average Bonchev–Trinajstić information content (AvgIpc) is 2.55. The normalized spacial score (nSPS) is 12.6. The van der Waals surface area contributed by atoms with Gasteiger partial charge in [-0.25, -0.2) is 4.79 Å². The van der Waals surface area contributed by atoms with Gasteiger partial charge in [0.15, 0.2) is 5.58 Å². The predicted molar refractivity (Wildman–Crippen MR) is 60.0 cm³/mol. The second kappa shape index (κ2) is 3.86. The van der Waals surface area contributed by atoms with E-state index >= 15 is 0 Å². The van der Waals surface area contributed by atoms with Crippen molar-refractivity contribution in [2.45, 2.75) is 20.4 Å².